The van der Waals surface area contributed by atoms with E-state index in [0.29, 0.717) is 17.9 Å². The fourth-order valence-electron chi connectivity index (χ4n) is 1.98. The molecule has 1 atom stereocenters. The van der Waals surface area contributed by atoms with E-state index in [1.54, 1.807) is 32.2 Å². The van der Waals surface area contributed by atoms with Crippen molar-refractivity contribution in [1.82, 2.24) is 0 Å². The van der Waals surface area contributed by atoms with Crippen molar-refractivity contribution in [2.75, 3.05) is 7.11 Å². The highest BCUT2D eigenvalue weighted by Gasteiger charge is 2.14. The fraction of sp³-hybridized carbons (Fsp3) is 0.250. The molecule has 0 amide bonds. The molecule has 2 aromatic carbocycles. The van der Waals surface area contributed by atoms with Crippen molar-refractivity contribution < 1.29 is 13.9 Å². The van der Waals surface area contributed by atoms with Crippen LogP contribution in [0.2, 0.25) is 0 Å². The minimum Gasteiger partial charge on any atom is -0.454 e. The largest absolute Gasteiger partial charge is 0.454 e. The lowest BCUT2D eigenvalue weighted by Crippen LogP contribution is -2.07. The molecule has 2 aromatic rings. The zero-order chi connectivity index (χ0) is 14.5. The smallest absolute Gasteiger partial charge is 0.167 e. The number of hydrogen-bond donors (Lipinski definition) is 1. The number of hydrogen-bond acceptors (Lipinski definition) is 3. The second-order valence-electron chi connectivity index (χ2n) is 4.63. The van der Waals surface area contributed by atoms with Crippen molar-refractivity contribution in [2.45, 2.75) is 19.6 Å². The van der Waals surface area contributed by atoms with Gasteiger partial charge in [0.05, 0.1) is 6.61 Å². The Balaban J connectivity index is 2.32. The molecular weight excluding hydrogens is 257 g/mol. The Labute approximate surface area is 118 Å². The molecule has 2 N–H and O–H groups in total. The molecule has 106 valence electrons. The fourth-order valence-corrected chi connectivity index (χ4v) is 1.98. The first-order chi connectivity index (χ1) is 9.61. The Bertz CT molecular complexity index is 584. The van der Waals surface area contributed by atoms with Crippen LogP contribution >= 0.6 is 0 Å². The van der Waals surface area contributed by atoms with E-state index in [-0.39, 0.29) is 11.8 Å². The van der Waals surface area contributed by atoms with Crippen molar-refractivity contribution in [3.63, 3.8) is 0 Å². The number of benzene rings is 2. The highest BCUT2D eigenvalue weighted by molar-refractivity contribution is 5.41. The molecule has 0 saturated heterocycles. The summed E-state index contributed by atoms with van der Waals surface area (Å²) in [5.74, 6) is 0.320. The standard InChI is InChI=1S/C16H18FNO2/c1-11(18)14-7-4-8-15(17)16(14)20-13-6-3-5-12(9-13)10-19-2/h3-9,11H,10,18H2,1-2H3/t11-/m1/s1. The molecule has 0 fully saturated rings. The lowest BCUT2D eigenvalue weighted by Gasteiger charge is -2.15. The Morgan fingerprint density at radius 3 is 2.65 bits per heavy atom. The zero-order valence-corrected chi connectivity index (χ0v) is 11.6. The van der Waals surface area contributed by atoms with Crippen LogP contribution in [-0.4, -0.2) is 7.11 Å². The molecule has 0 spiro atoms. The van der Waals surface area contributed by atoms with Gasteiger partial charge in [0, 0.05) is 18.7 Å². The molecule has 0 saturated carbocycles. The molecular formula is C16H18FNO2. The van der Waals surface area contributed by atoms with E-state index < -0.39 is 5.82 Å². The Kier molecular flexibility index (Phi) is 4.71. The molecule has 4 heteroatoms. The van der Waals surface area contributed by atoms with Crippen molar-refractivity contribution in [3.05, 3.63) is 59.4 Å². The Morgan fingerprint density at radius 2 is 1.95 bits per heavy atom. The van der Waals surface area contributed by atoms with Gasteiger partial charge in [0.1, 0.15) is 5.75 Å². The summed E-state index contributed by atoms with van der Waals surface area (Å²) in [7, 11) is 1.62. The second-order valence-corrected chi connectivity index (χ2v) is 4.63. The molecule has 0 aliphatic carbocycles. The first-order valence-corrected chi connectivity index (χ1v) is 6.41. The molecule has 3 nitrogen and oxygen atoms in total. The third-order valence-electron chi connectivity index (χ3n) is 2.92. The summed E-state index contributed by atoms with van der Waals surface area (Å²) in [5.41, 5.74) is 7.45. The Hall–Kier alpha value is -1.91. The zero-order valence-electron chi connectivity index (χ0n) is 11.6. The number of nitrogens with two attached hydrogens (primary N) is 1. The van der Waals surface area contributed by atoms with Crippen LogP contribution in [0.1, 0.15) is 24.1 Å². The average Bonchev–Trinajstić information content (AvgIpc) is 2.41. The lowest BCUT2D eigenvalue weighted by molar-refractivity contribution is 0.184. The van der Waals surface area contributed by atoms with Gasteiger partial charge in [-0.25, -0.2) is 4.39 Å². The van der Waals surface area contributed by atoms with Crippen LogP contribution in [0.3, 0.4) is 0 Å². The quantitative estimate of drug-likeness (QED) is 0.903. The van der Waals surface area contributed by atoms with E-state index in [0.717, 1.165) is 5.56 Å². The van der Waals surface area contributed by atoms with Gasteiger partial charge in [0.25, 0.3) is 0 Å². The van der Waals surface area contributed by atoms with E-state index in [1.165, 1.54) is 6.07 Å². The van der Waals surface area contributed by atoms with E-state index in [4.69, 9.17) is 15.2 Å². The maximum atomic E-state index is 13.9. The summed E-state index contributed by atoms with van der Waals surface area (Å²) in [6, 6.07) is 11.8. The van der Waals surface area contributed by atoms with Crippen molar-refractivity contribution >= 4 is 0 Å². The van der Waals surface area contributed by atoms with Crippen LogP contribution in [0.4, 0.5) is 4.39 Å². The van der Waals surface area contributed by atoms with Gasteiger partial charge >= 0.3 is 0 Å². The van der Waals surface area contributed by atoms with Gasteiger partial charge in [-0.3, -0.25) is 0 Å². The van der Waals surface area contributed by atoms with E-state index >= 15 is 0 Å². The molecule has 2 rings (SSSR count). The van der Waals surface area contributed by atoms with Crippen LogP contribution in [0.5, 0.6) is 11.5 Å². The molecule has 0 bridgehead atoms. The summed E-state index contributed by atoms with van der Waals surface area (Å²) < 4.78 is 24.7. The lowest BCUT2D eigenvalue weighted by atomic mass is 10.1. The SMILES string of the molecule is COCc1cccc(Oc2c(F)cccc2[C@@H](C)N)c1. The molecule has 0 aromatic heterocycles. The third kappa shape index (κ3) is 3.35. The Morgan fingerprint density at radius 1 is 1.20 bits per heavy atom. The maximum Gasteiger partial charge on any atom is 0.167 e. The van der Waals surface area contributed by atoms with Crippen LogP contribution in [0, 0.1) is 5.82 Å². The van der Waals surface area contributed by atoms with Crippen molar-refractivity contribution in [2.24, 2.45) is 5.73 Å². The van der Waals surface area contributed by atoms with E-state index in [9.17, 15) is 4.39 Å². The second kappa shape index (κ2) is 6.50. The van der Waals surface area contributed by atoms with Gasteiger partial charge in [0.15, 0.2) is 11.6 Å². The number of halogens is 1. The molecule has 0 heterocycles. The van der Waals surface area contributed by atoms with Gasteiger partial charge in [-0.1, -0.05) is 24.3 Å². The summed E-state index contributed by atoms with van der Waals surface area (Å²) >= 11 is 0. The predicted octanol–water partition coefficient (Wildman–Crippen LogP) is 3.78. The van der Waals surface area contributed by atoms with Crippen LogP contribution < -0.4 is 10.5 Å². The minimum absolute atomic E-state index is 0.178. The molecule has 0 aliphatic rings. The van der Waals surface area contributed by atoms with Gasteiger partial charge in [-0.05, 0) is 30.7 Å². The molecule has 0 unspecified atom stereocenters. The van der Waals surface area contributed by atoms with Crippen LogP contribution in [0.25, 0.3) is 0 Å². The number of ether oxygens (including phenoxy) is 2. The number of methoxy groups -OCH3 is 1. The maximum absolute atomic E-state index is 13.9. The summed E-state index contributed by atoms with van der Waals surface area (Å²) in [6.07, 6.45) is 0. The summed E-state index contributed by atoms with van der Waals surface area (Å²) in [6.45, 7) is 2.28. The minimum atomic E-state index is -0.419. The first kappa shape index (κ1) is 14.5. The van der Waals surface area contributed by atoms with Gasteiger partial charge in [0.2, 0.25) is 0 Å². The normalized spacial score (nSPS) is 12.2. The van der Waals surface area contributed by atoms with Gasteiger partial charge in [-0.2, -0.15) is 0 Å². The average molecular weight is 275 g/mol. The summed E-state index contributed by atoms with van der Waals surface area (Å²) in [5, 5.41) is 0. The van der Waals surface area contributed by atoms with Crippen LogP contribution in [0.15, 0.2) is 42.5 Å². The van der Waals surface area contributed by atoms with Crippen molar-refractivity contribution in [3.8, 4) is 11.5 Å². The topological polar surface area (TPSA) is 44.5 Å². The monoisotopic (exact) mass is 275 g/mol. The number of para-hydroxylation sites is 1. The van der Waals surface area contributed by atoms with Gasteiger partial charge in [-0.15, -0.1) is 0 Å². The molecule has 20 heavy (non-hydrogen) atoms. The van der Waals surface area contributed by atoms with Gasteiger partial charge < -0.3 is 15.2 Å². The molecule has 0 aliphatic heterocycles. The highest BCUT2D eigenvalue weighted by atomic mass is 19.1. The van der Waals surface area contributed by atoms with E-state index in [2.05, 4.69) is 0 Å². The first-order valence-electron chi connectivity index (χ1n) is 6.41. The third-order valence-corrected chi connectivity index (χ3v) is 2.92. The summed E-state index contributed by atoms with van der Waals surface area (Å²) in [4.78, 5) is 0. The molecule has 0 radical (unpaired) electrons. The predicted molar refractivity (Wildman–Crippen MR) is 76.2 cm³/mol. The van der Waals surface area contributed by atoms with Crippen molar-refractivity contribution in [1.29, 1.82) is 0 Å². The van der Waals surface area contributed by atoms with Crippen LogP contribution in [-0.2, 0) is 11.3 Å². The number of rotatable bonds is 5. The van der Waals surface area contributed by atoms with E-state index in [1.807, 2.05) is 18.2 Å². The highest BCUT2D eigenvalue weighted by Crippen LogP contribution is 2.31.